The highest BCUT2D eigenvalue weighted by Gasteiger charge is 2.15. The first kappa shape index (κ1) is 15.3. The SMILES string of the molecule is CCCNCc1sc2c(OC)cccc2c1CC(C)C. The predicted octanol–water partition coefficient (Wildman–Crippen LogP) is 4.61. The summed E-state index contributed by atoms with van der Waals surface area (Å²) in [6, 6.07) is 6.39. The lowest BCUT2D eigenvalue weighted by Gasteiger charge is -2.08. The van der Waals surface area contributed by atoms with Crippen LogP contribution in [0.25, 0.3) is 10.1 Å². The first-order valence-electron chi connectivity index (χ1n) is 7.45. The van der Waals surface area contributed by atoms with E-state index < -0.39 is 0 Å². The summed E-state index contributed by atoms with van der Waals surface area (Å²) in [7, 11) is 1.76. The molecule has 0 saturated carbocycles. The summed E-state index contributed by atoms with van der Waals surface area (Å²) in [5, 5.41) is 4.90. The van der Waals surface area contributed by atoms with Crippen molar-refractivity contribution in [2.24, 2.45) is 5.92 Å². The highest BCUT2D eigenvalue weighted by atomic mass is 32.1. The van der Waals surface area contributed by atoms with Crippen molar-refractivity contribution in [3.8, 4) is 5.75 Å². The Morgan fingerprint density at radius 3 is 2.75 bits per heavy atom. The summed E-state index contributed by atoms with van der Waals surface area (Å²) in [6.45, 7) is 8.82. The number of ether oxygens (including phenoxy) is 1. The van der Waals surface area contributed by atoms with E-state index in [4.69, 9.17) is 4.74 Å². The maximum atomic E-state index is 5.52. The van der Waals surface area contributed by atoms with E-state index in [1.165, 1.54) is 26.9 Å². The Morgan fingerprint density at radius 2 is 2.10 bits per heavy atom. The van der Waals surface area contributed by atoms with Crippen LogP contribution >= 0.6 is 11.3 Å². The summed E-state index contributed by atoms with van der Waals surface area (Å²) in [5.41, 5.74) is 1.50. The van der Waals surface area contributed by atoms with Gasteiger partial charge in [0, 0.05) is 11.4 Å². The van der Waals surface area contributed by atoms with Crippen LogP contribution in [0.1, 0.15) is 37.6 Å². The molecule has 1 aromatic heterocycles. The van der Waals surface area contributed by atoms with E-state index in [-0.39, 0.29) is 0 Å². The lowest BCUT2D eigenvalue weighted by Crippen LogP contribution is -2.14. The van der Waals surface area contributed by atoms with Gasteiger partial charge in [-0.2, -0.15) is 0 Å². The zero-order chi connectivity index (χ0) is 14.5. The minimum absolute atomic E-state index is 0.670. The molecule has 20 heavy (non-hydrogen) atoms. The minimum Gasteiger partial charge on any atom is -0.495 e. The molecule has 110 valence electrons. The Balaban J connectivity index is 2.42. The molecule has 1 aromatic carbocycles. The third kappa shape index (κ3) is 3.33. The summed E-state index contributed by atoms with van der Waals surface area (Å²) >= 11 is 1.88. The van der Waals surface area contributed by atoms with Gasteiger partial charge in [0.05, 0.1) is 11.8 Å². The largest absolute Gasteiger partial charge is 0.495 e. The van der Waals surface area contributed by atoms with Crippen molar-refractivity contribution in [3.63, 3.8) is 0 Å². The Hall–Kier alpha value is -1.06. The van der Waals surface area contributed by atoms with E-state index in [2.05, 4.69) is 44.3 Å². The maximum Gasteiger partial charge on any atom is 0.136 e. The summed E-state index contributed by atoms with van der Waals surface area (Å²) in [4.78, 5) is 1.46. The van der Waals surface area contributed by atoms with Gasteiger partial charge in [-0.25, -0.2) is 0 Å². The van der Waals surface area contributed by atoms with Crippen molar-refractivity contribution in [2.75, 3.05) is 13.7 Å². The molecular formula is C17H25NOS. The van der Waals surface area contributed by atoms with Crippen LogP contribution in [-0.4, -0.2) is 13.7 Å². The molecule has 0 amide bonds. The normalized spacial score (nSPS) is 11.4. The van der Waals surface area contributed by atoms with Gasteiger partial charge in [0.2, 0.25) is 0 Å². The number of methoxy groups -OCH3 is 1. The van der Waals surface area contributed by atoms with Crippen LogP contribution in [-0.2, 0) is 13.0 Å². The average molecular weight is 291 g/mol. The van der Waals surface area contributed by atoms with Gasteiger partial charge in [-0.15, -0.1) is 11.3 Å². The zero-order valence-corrected chi connectivity index (χ0v) is 13.8. The van der Waals surface area contributed by atoms with E-state index in [0.717, 1.165) is 25.3 Å². The third-order valence-electron chi connectivity index (χ3n) is 3.41. The summed E-state index contributed by atoms with van der Waals surface area (Å²) in [6.07, 6.45) is 2.31. The van der Waals surface area contributed by atoms with Crippen molar-refractivity contribution < 1.29 is 4.74 Å². The van der Waals surface area contributed by atoms with Crippen molar-refractivity contribution in [1.82, 2.24) is 5.32 Å². The molecule has 0 aliphatic carbocycles. The molecule has 0 saturated heterocycles. The number of rotatable bonds is 7. The number of thiophene rings is 1. The van der Waals surface area contributed by atoms with Gasteiger partial charge in [0.15, 0.2) is 0 Å². The van der Waals surface area contributed by atoms with Crippen LogP contribution in [0.2, 0.25) is 0 Å². The molecule has 2 aromatic rings. The van der Waals surface area contributed by atoms with E-state index >= 15 is 0 Å². The smallest absolute Gasteiger partial charge is 0.136 e. The number of nitrogens with one attached hydrogen (secondary N) is 1. The maximum absolute atomic E-state index is 5.52. The fourth-order valence-corrected chi connectivity index (χ4v) is 3.80. The van der Waals surface area contributed by atoms with Crippen LogP contribution in [0.15, 0.2) is 18.2 Å². The molecule has 2 nitrogen and oxygen atoms in total. The molecule has 0 aliphatic heterocycles. The van der Waals surface area contributed by atoms with Crippen LogP contribution in [0.4, 0.5) is 0 Å². The molecule has 0 radical (unpaired) electrons. The van der Waals surface area contributed by atoms with E-state index in [0.29, 0.717) is 5.92 Å². The second-order valence-electron chi connectivity index (χ2n) is 5.62. The van der Waals surface area contributed by atoms with Gasteiger partial charge in [0.25, 0.3) is 0 Å². The summed E-state index contributed by atoms with van der Waals surface area (Å²) in [5.74, 6) is 1.67. The molecule has 3 heteroatoms. The second kappa shape index (κ2) is 7.09. The van der Waals surface area contributed by atoms with Crippen molar-refractivity contribution in [3.05, 3.63) is 28.6 Å². The monoisotopic (exact) mass is 291 g/mol. The average Bonchev–Trinajstić information content (AvgIpc) is 2.77. The molecule has 0 unspecified atom stereocenters. The van der Waals surface area contributed by atoms with Gasteiger partial charge >= 0.3 is 0 Å². The molecule has 0 aliphatic rings. The molecule has 1 N–H and O–H groups in total. The lowest BCUT2D eigenvalue weighted by atomic mass is 9.99. The van der Waals surface area contributed by atoms with Crippen LogP contribution in [0.5, 0.6) is 5.75 Å². The highest BCUT2D eigenvalue weighted by Crippen LogP contribution is 2.38. The highest BCUT2D eigenvalue weighted by molar-refractivity contribution is 7.19. The van der Waals surface area contributed by atoms with Gasteiger partial charge in [0.1, 0.15) is 5.75 Å². The minimum atomic E-state index is 0.670. The first-order valence-corrected chi connectivity index (χ1v) is 8.27. The predicted molar refractivity (Wildman–Crippen MR) is 88.9 cm³/mol. The molecule has 0 atom stereocenters. The van der Waals surface area contributed by atoms with Crippen molar-refractivity contribution in [1.29, 1.82) is 0 Å². The van der Waals surface area contributed by atoms with Crippen LogP contribution in [0, 0.1) is 5.92 Å². The Morgan fingerprint density at radius 1 is 1.30 bits per heavy atom. The van der Waals surface area contributed by atoms with E-state index in [9.17, 15) is 0 Å². The third-order valence-corrected chi connectivity index (χ3v) is 4.67. The Kier molecular flexibility index (Phi) is 5.44. The van der Waals surface area contributed by atoms with E-state index in [1.807, 2.05) is 11.3 Å². The Labute approximate surface area is 126 Å². The molecule has 2 rings (SSSR count). The van der Waals surface area contributed by atoms with Gasteiger partial charge in [-0.05, 0) is 42.3 Å². The first-order chi connectivity index (χ1) is 9.67. The van der Waals surface area contributed by atoms with Crippen molar-refractivity contribution in [2.45, 2.75) is 40.2 Å². The van der Waals surface area contributed by atoms with Gasteiger partial charge < -0.3 is 10.1 Å². The summed E-state index contributed by atoms with van der Waals surface area (Å²) < 4.78 is 6.81. The van der Waals surface area contributed by atoms with Gasteiger partial charge in [-0.3, -0.25) is 0 Å². The quantitative estimate of drug-likeness (QED) is 0.752. The van der Waals surface area contributed by atoms with Crippen molar-refractivity contribution >= 4 is 21.4 Å². The van der Waals surface area contributed by atoms with Crippen LogP contribution in [0.3, 0.4) is 0 Å². The second-order valence-corrected chi connectivity index (χ2v) is 6.72. The lowest BCUT2D eigenvalue weighted by molar-refractivity contribution is 0.420. The molecule has 0 spiro atoms. The topological polar surface area (TPSA) is 21.3 Å². The molecule has 0 bridgehead atoms. The van der Waals surface area contributed by atoms with Gasteiger partial charge in [-0.1, -0.05) is 32.9 Å². The molecule has 0 fully saturated rings. The number of hydrogen-bond donors (Lipinski definition) is 1. The molecule has 1 heterocycles. The number of hydrogen-bond acceptors (Lipinski definition) is 3. The number of benzene rings is 1. The Bertz CT molecular complexity index is 559. The zero-order valence-electron chi connectivity index (χ0n) is 13.0. The fourth-order valence-electron chi connectivity index (χ4n) is 2.51. The van der Waals surface area contributed by atoms with Crippen LogP contribution < -0.4 is 10.1 Å². The van der Waals surface area contributed by atoms with E-state index in [1.54, 1.807) is 7.11 Å². The number of fused-ring (bicyclic) bond motifs is 1. The standard InChI is InChI=1S/C17H25NOS/c1-5-9-18-11-16-14(10-12(2)3)13-7-6-8-15(19-4)17(13)20-16/h6-8,12,18H,5,9-11H2,1-4H3. The fraction of sp³-hybridized carbons (Fsp3) is 0.529. The molecular weight excluding hydrogens is 266 g/mol.